The van der Waals surface area contributed by atoms with Crippen molar-refractivity contribution in [1.82, 2.24) is 4.98 Å². The Hall–Kier alpha value is -2.17. The first-order chi connectivity index (χ1) is 8.97. The van der Waals surface area contributed by atoms with E-state index in [1.807, 2.05) is 13.8 Å². The summed E-state index contributed by atoms with van der Waals surface area (Å²) in [5, 5.41) is 12.8. The third kappa shape index (κ3) is 2.99. The molecule has 0 aliphatic heterocycles. The predicted molar refractivity (Wildman–Crippen MR) is 71.6 cm³/mol. The number of nitrogens with one attached hydrogen (secondary N) is 1. The van der Waals surface area contributed by atoms with Gasteiger partial charge in [0.15, 0.2) is 0 Å². The molecule has 4 nitrogen and oxygen atoms in total. The Kier molecular flexibility index (Phi) is 3.64. The van der Waals surface area contributed by atoms with Crippen molar-refractivity contribution in [3.05, 3.63) is 36.1 Å². The van der Waals surface area contributed by atoms with Crippen LogP contribution in [0.4, 0.5) is 10.2 Å². The van der Waals surface area contributed by atoms with Gasteiger partial charge in [-0.3, -0.25) is 0 Å². The molecule has 0 amide bonds. The molecule has 5 heteroatoms. The van der Waals surface area contributed by atoms with Crippen LogP contribution in [0.15, 0.2) is 30.3 Å². The number of benzene rings is 1. The van der Waals surface area contributed by atoms with Gasteiger partial charge in [-0.15, -0.1) is 0 Å². The molecule has 0 aliphatic rings. The van der Waals surface area contributed by atoms with Gasteiger partial charge in [-0.25, -0.2) is 14.2 Å². The largest absolute Gasteiger partial charge is 0.480 e. The minimum absolute atomic E-state index is 0.0810. The number of carboxylic acid groups (broad SMARTS) is 1. The van der Waals surface area contributed by atoms with E-state index in [1.54, 1.807) is 18.2 Å². The van der Waals surface area contributed by atoms with Crippen molar-refractivity contribution in [2.24, 2.45) is 5.92 Å². The zero-order valence-corrected chi connectivity index (χ0v) is 10.7. The van der Waals surface area contributed by atoms with Crippen LogP contribution in [0.5, 0.6) is 0 Å². The van der Waals surface area contributed by atoms with Gasteiger partial charge in [-0.1, -0.05) is 13.8 Å². The summed E-state index contributed by atoms with van der Waals surface area (Å²) in [6.07, 6.45) is 0. The summed E-state index contributed by atoms with van der Waals surface area (Å²) in [5.41, 5.74) is 0.498. The van der Waals surface area contributed by atoms with Crippen LogP contribution in [-0.4, -0.2) is 22.1 Å². The van der Waals surface area contributed by atoms with Crippen LogP contribution in [0, 0.1) is 11.7 Å². The number of aromatic nitrogens is 1. The first-order valence-electron chi connectivity index (χ1n) is 6.03. The van der Waals surface area contributed by atoms with Gasteiger partial charge in [0.25, 0.3) is 0 Å². The van der Waals surface area contributed by atoms with Crippen molar-refractivity contribution in [3.8, 4) is 0 Å². The lowest BCUT2D eigenvalue weighted by Crippen LogP contribution is -2.34. The second-order valence-corrected chi connectivity index (χ2v) is 4.74. The molecule has 2 aromatic rings. The Morgan fingerprint density at radius 3 is 2.63 bits per heavy atom. The fourth-order valence-electron chi connectivity index (χ4n) is 1.84. The molecular formula is C14H15FN2O2. The monoisotopic (exact) mass is 262 g/mol. The number of hydrogen-bond acceptors (Lipinski definition) is 3. The lowest BCUT2D eigenvalue weighted by atomic mass is 10.0. The van der Waals surface area contributed by atoms with Crippen molar-refractivity contribution in [1.29, 1.82) is 0 Å². The number of carbonyl (C=O) groups is 1. The molecule has 0 radical (unpaired) electrons. The van der Waals surface area contributed by atoms with E-state index in [1.165, 1.54) is 12.1 Å². The maximum atomic E-state index is 13.1. The van der Waals surface area contributed by atoms with Gasteiger partial charge in [0.1, 0.15) is 17.7 Å². The van der Waals surface area contributed by atoms with E-state index >= 15 is 0 Å². The lowest BCUT2D eigenvalue weighted by Gasteiger charge is -2.18. The zero-order chi connectivity index (χ0) is 14.0. The third-order valence-corrected chi connectivity index (χ3v) is 2.89. The summed E-state index contributed by atoms with van der Waals surface area (Å²) in [6, 6.07) is 7.08. The number of carboxylic acids is 1. The second-order valence-electron chi connectivity index (χ2n) is 4.74. The van der Waals surface area contributed by atoms with Crippen LogP contribution >= 0.6 is 0 Å². The van der Waals surface area contributed by atoms with Crippen LogP contribution in [0.25, 0.3) is 10.9 Å². The van der Waals surface area contributed by atoms with Crippen LogP contribution in [0.1, 0.15) is 13.8 Å². The SMILES string of the molecule is CC(C)[C@H](Nc1ccc2ccc(F)cc2n1)C(=O)O. The van der Waals surface area contributed by atoms with Gasteiger partial charge in [-0.05, 0) is 30.2 Å². The standard InChI is InChI=1S/C14H15FN2O2/c1-8(2)13(14(18)19)17-12-6-4-9-3-5-10(15)7-11(9)16-12/h3-8,13H,1-2H3,(H,16,17)(H,18,19)/t13-/m0/s1. The maximum absolute atomic E-state index is 13.1. The summed E-state index contributed by atoms with van der Waals surface area (Å²) in [6.45, 7) is 3.62. The van der Waals surface area contributed by atoms with Gasteiger partial charge >= 0.3 is 5.97 Å². The molecule has 100 valence electrons. The average Bonchev–Trinajstić information content (AvgIpc) is 2.34. The Labute approximate surface area is 110 Å². The minimum atomic E-state index is -0.934. The quantitative estimate of drug-likeness (QED) is 0.889. The highest BCUT2D eigenvalue weighted by Crippen LogP contribution is 2.18. The molecule has 2 rings (SSSR count). The summed E-state index contributed by atoms with van der Waals surface area (Å²) in [5.74, 6) is -0.950. The number of aliphatic carboxylic acids is 1. The molecule has 0 unspecified atom stereocenters. The van der Waals surface area contributed by atoms with Gasteiger partial charge in [-0.2, -0.15) is 0 Å². The van der Waals surface area contributed by atoms with Crippen molar-refractivity contribution in [2.75, 3.05) is 5.32 Å². The Morgan fingerprint density at radius 2 is 2.00 bits per heavy atom. The summed E-state index contributed by atoms with van der Waals surface area (Å²) >= 11 is 0. The Morgan fingerprint density at radius 1 is 1.32 bits per heavy atom. The Balaban J connectivity index is 2.32. The minimum Gasteiger partial charge on any atom is -0.480 e. The molecular weight excluding hydrogens is 247 g/mol. The van der Waals surface area contributed by atoms with E-state index in [2.05, 4.69) is 10.3 Å². The fourth-order valence-corrected chi connectivity index (χ4v) is 1.84. The van der Waals surface area contributed by atoms with E-state index in [-0.39, 0.29) is 11.7 Å². The van der Waals surface area contributed by atoms with Crippen LogP contribution in [-0.2, 0) is 4.79 Å². The number of halogens is 1. The number of rotatable bonds is 4. The summed E-state index contributed by atoms with van der Waals surface area (Å²) in [7, 11) is 0. The lowest BCUT2D eigenvalue weighted by molar-refractivity contribution is -0.138. The van der Waals surface area contributed by atoms with Crippen molar-refractivity contribution in [3.63, 3.8) is 0 Å². The van der Waals surface area contributed by atoms with Crippen LogP contribution < -0.4 is 5.32 Å². The van der Waals surface area contributed by atoms with Crippen LogP contribution in [0.3, 0.4) is 0 Å². The van der Waals surface area contributed by atoms with E-state index < -0.39 is 12.0 Å². The number of pyridine rings is 1. The second kappa shape index (κ2) is 5.22. The highest BCUT2D eigenvalue weighted by atomic mass is 19.1. The van der Waals surface area contributed by atoms with Gasteiger partial charge < -0.3 is 10.4 Å². The highest BCUT2D eigenvalue weighted by Gasteiger charge is 2.21. The third-order valence-electron chi connectivity index (χ3n) is 2.89. The molecule has 0 spiro atoms. The molecule has 0 saturated carbocycles. The molecule has 1 atom stereocenters. The molecule has 2 N–H and O–H groups in total. The molecule has 19 heavy (non-hydrogen) atoms. The van der Waals surface area contributed by atoms with Crippen molar-refractivity contribution < 1.29 is 14.3 Å². The summed E-state index contributed by atoms with van der Waals surface area (Å²) < 4.78 is 13.1. The number of fused-ring (bicyclic) bond motifs is 1. The maximum Gasteiger partial charge on any atom is 0.326 e. The number of nitrogens with zero attached hydrogens (tertiary/aromatic N) is 1. The van der Waals surface area contributed by atoms with Gasteiger partial charge in [0, 0.05) is 11.5 Å². The molecule has 0 fully saturated rings. The smallest absolute Gasteiger partial charge is 0.326 e. The van der Waals surface area contributed by atoms with Crippen molar-refractivity contribution >= 4 is 22.7 Å². The highest BCUT2D eigenvalue weighted by molar-refractivity contribution is 5.82. The zero-order valence-electron chi connectivity index (χ0n) is 10.7. The normalized spacial score (nSPS) is 12.6. The Bertz CT molecular complexity index is 613. The summed E-state index contributed by atoms with van der Waals surface area (Å²) in [4.78, 5) is 15.3. The van der Waals surface area contributed by atoms with Gasteiger partial charge in [0.2, 0.25) is 0 Å². The number of anilines is 1. The van der Waals surface area contributed by atoms with Gasteiger partial charge in [0.05, 0.1) is 5.52 Å². The fraction of sp³-hybridized carbons (Fsp3) is 0.286. The van der Waals surface area contributed by atoms with Crippen molar-refractivity contribution in [2.45, 2.75) is 19.9 Å². The van der Waals surface area contributed by atoms with E-state index in [4.69, 9.17) is 5.11 Å². The molecule has 1 aromatic heterocycles. The predicted octanol–water partition coefficient (Wildman–Crippen LogP) is 2.90. The first-order valence-corrected chi connectivity index (χ1v) is 6.03. The first kappa shape index (κ1) is 13.3. The average molecular weight is 262 g/mol. The molecule has 0 saturated heterocycles. The van der Waals surface area contributed by atoms with E-state index in [0.717, 1.165) is 5.39 Å². The molecule has 1 aromatic carbocycles. The molecule has 1 heterocycles. The molecule has 0 bridgehead atoms. The number of hydrogen-bond donors (Lipinski definition) is 2. The van der Waals surface area contributed by atoms with E-state index in [9.17, 15) is 9.18 Å². The van der Waals surface area contributed by atoms with E-state index in [0.29, 0.717) is 11.3 Å². The van der Waals surface area contributed by atoms with Crippen LogP contribution in [0.2, 0.25) is 0 Å². The molecule has 0 aliphatic carbocycles. The topological polar surface area (TPSA) is 62.2 Å².